The predicted molar refractivity (Wildman–Crippen MR) is 143 cm³/mol. The molecule has 36 heavy (non-hydrogen) atoms. The third-order valence-electron chi connectivity index (χ3n) is 5.75. The SMILES string of the molecule is CCCCCCOc1ccccc1C(O)N(C(=O)c1ccc(-c2ccccc2)cc1)C(C)C.O=CO. The van der Waals surface area contributed by atoms with Crippen molar-refractivity contribution in [3.05, 3.63) is 90.0 Å². The van der Waals surface area contributed by atoms with Crippen LogP contribution in [0.4, 0.5) is 0 Å². The van der Waals surface area contributed by atoms with Crippen molar-refractivity contribution in [1.82, 2.24) is 4.90 Å². The van der Waals surface area contributed by atoms with Gasteiger partial charge in [-0.2, -0.15) is 0 Å². The minimum absolute atomic E-state index is 0.195. The number of nitrogens with zero attached hydrogens (tertiary/aromatic N) is 1. The van der Waals surface area contributed by atoms with Gasteiger partial charge < -0.3 is 19.8 Å². The zero-order valence-corrected chi connectivity index (χ0v) is 21.3. The van der Waals surface area contributed by atoms with Gasteiger partial charge in [0, 0.05) is 17.2 Å². The standard InChI is InChI=1S/C29H35NO3.CH2O2/c1-4-5-6-12-21-33-27-16-11-10-15-26(27)29(32)30(22(2)3)28(31)25-19-17-24(18-20-25)23-13-8-7-9-14-23;2-1-3/h7-11,13-20,22,29,32H,4-6,12,21H2,1-3H3;1H,(H,2,3). The number of amides is 1. The molecule has 6 nitrogen and oxygen atoms in total. The highest BCUT2D eigenvalue weighted by molar-refractivity contribution is 5.95. The smallest absolute Gasteiger partial charge is 0.290 e. The van der Waals surface area contributed by atoms with Crippen LogP contribution in [0.3, 0.4) is 0 Å². The van der Waals surface area contributed by atoms with E-state index in [1.165, 1.54) is 17.7 Å². The normalized spacial score (nSPS) is 11.2. The second-order valence-electron chi connectivity index (χ2n) is 8.68. The van der Waals surface area contributed by atoms with Gasteiger partial charge in [0.1, 0.15) is 5.75 Å². The monoisotopic (exact) mass is 491 g/mol. The van der Waals surface area contributed by atoms with E-state index in [4.69, 9.17) is 14.6 Å². The van der Waals surface area contributed by atoms with Gasteiger partial charge in [0.05, 0.1) is 6.61 Å². The summed E-state index contributed by atoms with van der Waals surface area (Å²) in [6, 6.07) is 24.8. The number of hydrogen-bond donors (Lipinski definition) is 2. The average molecular weight is 492 g/mol. The molecule has 0 aliphatic heterocycles. The van der Waals surface area contributed by atoms with Crippen molar-refractivity contribution < 1.29 is 24.5 Å². The number of hydrogen-bond acceptors (Lipinski definition) is 4. The van der Waals surface area contributed by atoms with Crippen LogP contribution in [0.1, 0.15) is 68.6 Å². The van der Waals surface area contributed by atoms with Crippen LogP contribution in [0, 0.1) is 0 Å². The molecular weight excluding hydrogens is 454 g/mol. The highest BCUT2D eigenvalue weighted by Gasteiger charge is 2.28. The number of rotatable bonds is 11. The summed E-state index contributed by atoms with van der Waals surface area (Å²) in [5.74, 6) is 0.411. The molecule has 1 unspecified atom stereocenters. The Bertz CT molecular complexity index is 1050. The Kier molecular flexibility index (Phi) is 12.2. The van der Waals surface area contributed by atoms with Gasteiger partial charge in [-0.25, -0.2) is 0 Å². The summed E-state index contributed by atoms with van der Waals surface area (Å²) in [4.78, 5) is 23.3. The number of unbranched alkanes of at least 4 members (excludes halogenated alkanes) is 3. The van der Waals surface area contributed by atoms with Gasteiger partial charge in [0.15, 0.2) is 6.23 Å². The third-order valence-corrected chi connectivity index (χ3v) is 5.75. The molecule has 0 saturated heterocycles. The van der Waals surface area contributed by atoms with Gasteiger partial charge in [-0.3, -0.25) is 9.59 Å². The van der Waals surface area contributed by atoms with E-state index in [0.717, 1.165) is 24.0 Å². The second-order valence-corrected chi connectivity index (χ2v) is 8.68. The van der Waals surface area contributed by atoms with Crippen LogP contribution in [0.5, 0.6) is 5.75 Å². The summed E-state index contributed by atoms with van der Waals surface area (Å²) in [6.07, 6.45) is 3.35. The molecular formula is C30H37NO5. The van der Waals surface area contributed by atoms with Crippen LogP contribution >= 0.6 is 0 Å². The Hall–Kier alpha value is -3.64. The van der Waals surface area contributed by atoms with Crippen LogP contribution < -0.4 is 4.74 Å². The van der Waals surface area contributed by atoms with Crippen LogP contribution in [0.15, 0.2) is 78.9 Å². The largest absolute Gasteiger partial charge is 0.493 e. The van der Waals surface area contributed by atoms with E-state index in [-0.39, 0.29) is 18.4 Å². The second kappa shape index (κ2) is 15.4. The Morgan fingerprint density at radius 2 is 1.47 bits per heavy atom. The van der Waals surface area contributed by atoms with Crippen molar-refractivity contribution in [2.75, 3.05) is 6.61 Å². The maximum Gasteiger partial charge on any atom is 0.290 e. The lowest BCUT2D eigenvalue weighted by molar-refractivity contribution is -0.122. The number of benzene rings is 3. The Labute approximate surface area is 214 Å². The molecule has 6 heteroatoms. The predicted octanol–water partition coefficient (Wildman–Crippen LogP) is 6.56. The first kappa shape index (κ1) is 28.6. The lowest BCUT2D eigenvalue weighted by atomic mass is 10.0. The molecule has 1 amide bonds. The molecule has 0 aromatic heterocycles. The summed E-state index contributed by atoms with van der Waals surface area (Å²) in [7, 11) is 0. The van der Waals surface area contributed by atoms with Crippen LogP contribution in [-0.4, -0.2) is 40.1 Å². The number of aliphatic hydroxyl groups is 1. The van der Waals surface area contributed by atoms with E-state index >= 15 is 0 Å². The maximum atomic E-state index is 13.4. The van der Waals surface area contributed by atoms with Crippen molar-refractivity contribution >= 4 is 12.4 Å². The molecule has 1 atom stereocenters. The molecule has 0 heterocycles. The van der Waals surface area contributed by atoms with Gasteiger partial charge in [0.25, 0.3) is 12.4 Å². The zero-order valence-electron chi connectivity index (χ0n) is 21.3. The number of aliphatic hydroxyl groups excluding tert-OH is 1. The quantitative estimate of drug-likeness (QED) is 0.180. The Morgan fingerprint density at radius 1 is 0.889 bits per heavy atom. The molecule has 2 N–H and O–H groups in total. The summed E-state index contributed by atoms with van der Waals surface area (Å²) in [5, 5.41) is 18.2. The summed E-state index contributed by atoms with van der Waals surface area (Å²) in [6.45, 7) is 6.35. The number of para-hydroxylation sites is 1. The fraction of sp³-hybridized carbons (Fsp3) is 0.333. The van der Waals surface area contributed by atoms with Crippen molar-refractivity contribution in [2.45, 2.75) is 58.7 Å². The zero-order chi connectivity index (χ0) is 26.3. The highest BCUT2D eigenvalue weighted by Crippen LogP contribution is 2.31. The first-order valence-electron chi connectivity index (χ1n) is 12.4. The number of carbonyl (C=O) groups excluding carboxylic acids is 1. The molecule has 0 aliphatic rings. The molecule has 192 valence electrons. The lowest BCUT2D eigenvalue weighted by Gasteiger charge is -2.32. The van der Waals surface area contributed by atoms with Crippen molar-refractivity contribution in [1.29, 1.82) is 0 Å². The molecule has 0 fully saturated rings. The molecule has 3 aromatic rings. The van der Waals surface area contributed by atoms with E-state index in [0.29, 0.717) is 23.5 Å². The number of carbonyl (C=O) groups is 2. The first-order chi connectivity index (χ1) is 17.4. The summed E-state index contributed by atoms with van der Waals surface area (Å²) < 4.78 is 5.99. The maximum absolute atomic E-state index is 13.4. The molecule has 0 spiro atoms. The van der Waals surface area contributed by atoms with E-state index < -0.39 is 6.23 Å². The van der Waals surface area contributed by atoms with Gasteiger partial charge in [-0.15, -0.1) is 0 Å². The van der Waals surface area contributed by atoms with Gasteiger partial charge in [-0.05, 0) is 49.6 Å². The molecule has 3 rings (SSSR count). The molecule has 0 aliphatic carbocycles. The van der Waals surface area contributed by atoms with Crippen molar-refractivity contribution in [3.63, 3.8) is 0 Å². The Morgan fingerprint density at radius 3 is 2.08 bits per heavy atom. The Balaban J connectivity index is 0.00000145. The van der Waals surface area contributed by atoms with Crippen molar-refractivity contribution in [2.24, 2.45) is 0 Å². The van der Waals surface area contributed by atoms with Crippen molar-refractivity contribution in [3.8, 4) is 16.9 Å². The lowest BCUT2D eigenvalue weighted by Crippen LogP contribution is -2.40. The van der Waals surface area contributed by atoms with E-state index in [2.05, 4.69) is 6.92 Å². The first-order valence-corrected chi connectivity index (χ1v) is 12.4. The van der Waals surface area contributed by atoms with Gasteiger partial charge >= 0.3 is 0 Å². The summed E-state index contributed by atoms with van der Waals surface area (Å²) in [5.41, 5.74) is 3.30. The minimum Gasteiger partial charge on any atom is -0.493 e. The molecule has 0 bridgehead atoms. The average Bonchev–Trinajstić information content (AvgIpc) is 2.89. The topological polar surface area (TPSA) is 87.1 Å². The fourth-order valence-electron chi connectivity index (χ4n) is 3.90. The van der Waals surface area contributed by atoms with Gasteiger partial charge in [-0.1, -0.05) is 86.8 Å². The van der Waals surface area contributed by atoms with E-state index in [1.807, 2.05) is 92.7 Å². The molecule has 3 aromatic carbocycles. The number of carboxylic acid groups (broad SMARTS) is 1. The van der Waals surface area contributed by atoms with Crippen LogP contribution in [0.25, 0.3) is 11.1 Å². The van der Waals surface area contributed by atoms with Crippen LogP contribution in [0.2, 0.25) is 0 Å². The molecule has 0 radical (unpaired) electrons. The minimum atomic E-state index is -1.10. The summed E-state index contributed by atoms with van der Waals surface area (Å²) >= 11 is 0. The highest BCUT2D eigenvalue weighted by atomic mass is 16.5. The molecule has 0 saturated carbocycles. The van der Waals surface area contributed by atoms with Gasteiger partial charge in [0.2, 0.25) is 0 Å². The van der Waals surface area contributed by atoms with Crippen LogP contribution in [-0.2, 0) is 4.79 Å². The van der Waals surface area contributed by atoms with E-state index in [9.17, 15) is 9.90 Å². The number of ether oxygens (including phenoxy) is 1. The fourth-order valence-corrected chi connectivity index (χ4v) is 3.90. The van der Waals surface area contributed by atoms with E-state index in [1.54, 1.807) is 0 Å². The third kappa shape index (κ3) is 8.24.